The smallest absolute Gasteiger partial charge is 0.163 e. The van der Waals surface area contributed by atoms with Crippen LogP contribution in [0.25, 0.3) is 21.8 Å². The van der Waals surface area contributed by atoms with Gasteiger partial charge in [0.25, 0.3) is 0 Å². The highest BCUT2D eigenvalue weighted by Crippen LogP contribution is 2.46. The number of furan rings is 1. The van der Waals surface area contributed by atoms with Crippen molar-refractivity contribution in [1.29, 1.82) is 0 Å². The molecule has 3 aromatic heterocycles. The number of anilines is 2. The molecular weight excluding hydrogens is 609 g/mol. The van der Waals surface area contributed by atoms with Crippen LogP contribution in [0.4, 0.5) is 15.9 Å². The minimum atomic E-state index is -1.05. The SMILES string of the molecule is CN(C)Cc1ccc(CS(=O)CCCOc2cc3c4c(Nc5cccc(F)c5)nncc4n(C4CC4)c3cc2Br)o1. The minimum absolute atomic E-state index is 0.325. The van der Waals surface area contributed by atoms with Gasteiger partial charge in [-0.25, -0.2) is 4.39 Å². The monoisotopic (exact) mass is 639 g/mol. The summed E-state index contributed by atoms with van der Waals surface area (Å²) in [6, 6.07) is 14.6. The van der Waals surface area contributed by atoms with Crippen molar-refractivity contribution < 1.29 is 17.8 Å². The van der Waals surface area contributed by atoms with Gasteiger partial charge in [0.1, 0.15) is 23.1 Å². The molecule has 1 fully saturated rings. The number of aromatic nitrogens is 3. The number of fused-ring (bicyclic) bond motifs is 3. The Morgan fingerprint density at radius 1 is 1.17 bits per heavy atom. The molecule has 41 heavy (non-hydrogen) atoms. The maximum atomic E-state index is 13.9. The highest BCUT2D eigenvalue weighted by atomic mass is 79.9. The Labute approximate surface area is 248 Å². The Kier molecular flexibility index (Phi) is 8.10. The van der Waals surface area contributed by atoms with E-state index in [0.717, 1.165) is 50.6 Å². The van der Waals surface area contributed by atoms with Crippen molar-refractivity contribution in [1.82, 2.24) is 19.7 Å². The number of benzene rings is 2. The lowest BCUT2D eigenvalue weighted by Gasteiger charge is -2.10. The van der Waals surface area contributed by atoms with Gasteiger partial charge in [-0.3, -0.25) is 4.21 Å². The molecule has 1 saturated carbocycles. The maximum absolute atomic E-state index is 13.9. The number of hydrogen-bond acceptors (Lipinski definition) is 7. The molecule has 0 radical (unpaired) electrons. The second kappa shape index (κ2) is 11.9. The van der Waals surface area contributed by atoms with Crippen LogP contribution < -0.4 is 10.1 Å². The molecule has 0 bridgehead atoms. The van der Waals surface area contributed by atoms with E-state index in [9.17, 15) is 8.60 Å². The summed E-state index contributed by atoms with van der Waals surface area (Å²) in [5.41, 5.74) is 2.64. The van der Waals surface area contributed by atoms with Gasteiger partial charge in [-0.2, -0.15) is 5.10 Å². The van der Waals surface area contributed by atoms with Crippen LogP contribution in [0.1, 0.15) is 36.8 Å². The Hall–Kier alpha value is -3.28. The zero-order valence-electron chi connectivity index (χ0n) is 22.9. The predicted molar refractivity (Wildman–Crippen MR) is 164 cm³/mol. The zero-order chi connectivity index (χ0) is 28.5. The molecule has 5 aromatic rings. The third kappa shape index (κ3) is 6.32. The van der Waals surface area contributed by atoms with E-state index in [-0.39, 0.29) is 5.82 Å². The Bertz CT molecular complexity index is 1730. The first-order chi connectivity index (χ1) is 19.9. The third-order valence-electron chi connectivity index (χ3n) is 6.94. The predicted octanol–water partition coefficient (Wildman–Crippen LogP) is 6.94. The fourth-order valence-electron chi connectivity index (χ4n) is 5.05. The second-order valence-corrected chi connectivity index (χ2v) is 13.0. The molecule has 8 nitrogen and oxygen atoms in total. The number of halogens is 2. The molecule has 6 rings (SSSR count). The fourth-order valence-corrected chi connectivity index (χ4v) is 6.56. The van der Waals surface area contributed by atoms with E-state index in [1.165, 1.54) is 12.1 Å². The van der Waals surface area contributed by atoms with Crippen LogP contribution in [0.15, 0.2) is 63.6 Å². The lowest BCUT2D eigenvalue weighted by atomic mass is 10.2. The highest BCUT2D eigenvalue weighted by Gasteiger charge is 2.29. The summed E-state index contributed by atoms with van der Waals surface area (Å²) < 4.78 is 41.7. The van der Waals surface area contributed by atoms with E-state index in [4.69, 9.17) is 9.15 Å². The maximum Gasteiger partial charge on any atom is 0.163 e. The van der Waals surface area contributed by atoms with Gasteiger partial charge in [0, 0.05) is 33.7 Å². The Balaban J connectivity index is 1.19. The number of hydrogen-bond donors (Lipinski definition) is 1. The van der Waals surface area contributed by atoms with E-state index in [1.54, 1.807) is 18.3 Å². The van der Waals surface area contributed by atoms with Crippen molar-refractivity contribution in [3.05, 3.63) is 76.5 Å². The molecule has 1 atom stereocenters. The first-order valence-electron chi connectivity index (χ1n) is 13.6. The molecule has 1 unspecified atom stereocenters. The molecule has 0 saturated heterocycles. The van der Waals surface area contributed by atoms with Gasteiger partial charge in [0.2, 0.25) is 0 Å². The minimum Gasteiger partial charge on any atom is -0.492 e. The van der Waals surface area contributed by atoms with E-state index in [2.05, 4.69) is 42.1 Å². The number of nitrogens with zero attached hydrogens (tertiary/aromatic N) is 4. The first kappa shape index (κ1) is 27.9. The topological polar surface area (TPSA) is 85.4 Å². The van der Waals surface area contributed by atoms with Gasteiger partial charge in [0.05, 0.1) is 46.0 Å². The molecular formula is C30H31BrFN5O3S. The van der Waals surface area contributed by atoms with Crippen molar-refractivity contribution in [2.75, 3.05) is 31.8 Å². The van der Waals surface area contributed by atoms with Crippen LogP contribution in [-0.2, 0) is 23.1 Å². The average molecular weight is 641 g/mol. The summed E-state index contributed by atoms with van der Waals surface area (Å²) in [6.07, 6.45) is 4.65. The van der Waals surface area contributed by atoms with Crippen molar-refractivity contribution in [2.45, 2.75) is 37.6 Å². The lowest BCUT2D eigenvalue weighted by molar-refractivity contribution is 0.316. The van der Waals surface area contributed by atoms with Crippen LogP contribution in [0.3, 0.4) is 0 Å². The van der Waals surface area contributed by atoms with Gasteiger partial charge in [-0.15, -0.1) is 5.10 Å². The van der Waals surface area contributed by atoms with Crippen LogP contribution >= 0.6 is 15.9 Å². The van der Waals surface area contributed by atoms with Crippen molar-refractivity contribution in [2.24, 2.45) is 0 Å². The van der Waals surface area contributed by atoms with Gasteiger partial charge in [-0.1, -0.05) is 6.07 Å². The summed E-state index contributed by atoms with van der Waals surface area (Å²) in [6.45, 7) is 1.14. The largest absolute Gasteiger partial charge is 0.492 e. The Morgan fingerprint density at radius 2 is 2.00 bits per heavy atom. The fraction of sp³-hybridized carbons (Fsp3) is 0.333. The normalized spacial score (nSPS) is 14.3. The standard InChI is InChI=1S/C30H31BrFN5O3S/c1-36(2)17-22-9-10-23(40-22)18-41(38)12-4-11-39-28-14-24-26(15-25(28)31)37(21-7-8-21)27-16-33-35-30(29(24)27)34-20-6-3-5-19(32)13-20/h3,5-6,9-10,13-16,21H,4,7-8,11-12,17-18H2,1-2H3,(H,34,35). The van der Waals surface area contributed by atoms with E-state index >= 15 is 0 Å². The molecule has 214 valence electrons. The summed E-state index contributed by atoms with van der Waals surface area (Å²) >= 11 is 3.70. The average Bonchev–Trinajstić information content (AvgIpc) is 3.59. The van der Waals surface area contributed by atoms with Crippen LogP contribution in [0.5, 0.6) is 5.75 Å². The number of nitrogens with one attached hydrogen (secondary N) is 1. The van der Waals surface area contributed by atoms with E-state index in [0.29, 0.717) is 54.4 Å². The molecule has 0 spiro atoms. The van der Waals surface area contributed by atoms with Crippen molar-refractivity contribution >= 4 is 60.0 Å². The molecule has 1 N–H and O–H groups in total. The molecule has 3 heterocycles. The van der Waals surface area contributed by atoms with Gasteiger partial charge >= 0.3 is 0 Å². The van der Waals surface area contributed by atoms with Crippen LogP contribution in [0, 0.1) is 5.82 Å². The molecule has 0 amide bonds. The highest BCUT2D eigenvalue weighted by molar-refractivity contribution is 9.10. The van der Waals surface area contributed by atoms with Gasteiger partial charge < -0.3 is 23.9 Å². The van der Waals surface area contributed by atoms with Gasteiger partial charge in [-0.05, 0) is 91.8 Å². The number of rotatable bonds is 12. The molecule has 1 aliphatic rings. The molecule has 0 aliphatic heterocycles. The quantitative estimate of drug-likeness (QED) is 0.148. The third-order valence-corrected chi connectivity index (χ3v) is 8.91. The van der Waals surface area contributed by atoms with E-state index in [1.807, 2.05) is 37.2 Å². The van der Waals surface area contributed by atoms with Crippen LogP contribution in [0.2, 0.25) is 0 Å². The molecule has 1 aliphatic carbocycles. The van der Waals surface area contributed by atoms with E-state index < -0.39 is 10.8 Å². The summed E-state index contributed by atoms with van der Waals surface area (Å²) in [5.74, 6) is 3.46. The number of ether oxygens (including phenoxy) is 1. The summed E-state index contributed by atoms with van der Waals surface area (Å²) in [5, 5.41) is 13.8. The molecule has 11 heteroatoms. The Morgan fingerprint density at radius 3 is 2.78 bits per heavy atom. The second-order valence-electron chi connectivity index (χ2n) is 10.6. The summed E-state index contributed by atoms with van der Waals surface area (Å²) in [4.78, 5) is 2.03. The first-order valence-corrected chi connectivity index (χ1v) is 15.9. The van der Waals surface area contributed by atoms with Crippen LogP contribution in [-0.4, -0.2) is 50.3 Å². The zero-order valence-corrected chi connectivity index (χ0v) is 25.3. The summed E-state index contributed by atoms with van der Waals surface area (Å²) in [7, 11) is 2.92. The molecule has 2 aromatic carbocycles. The van der Waals surface area contributed by atoms with Gasteiger partial charge in [0.15, 0.2) is 5.82 Å². The van der Waals surface area contributed by atoms with Crippen molar-refractivity contribution in [3.8, 4) is 5.75 Å². The lowest BCUT2D eigenvalue weighted by Crippen LogP contribution is -2.09. The van der Waals surface area contributed by atoms with Crippen molar-refractivity contribution in [3.63, 3.8) is 0 Å².